The summed E-state index contributed by atoms with van der Waals surface area (Å²) in [5.41, 5.74) is 2.44. The minimum absolute atomic E-state index is 0.110. The predicted octanol–water partition coefficient (Wildman–Crippen LogP) is 2.80. The molecular formula is C25H34N6O5. The number of nitrogens with zero attached hydrogens (tertiary/aromatic N) is 4. The van der Waals surface area contributed by atoms with Crippen molar-refractivity contribution in [1.29, 1.82) is 0 Å². The number of hydrogen-bond donors (Lipinski definition) is 2. The van der Waals surface area contributed by atoms with Crippen molar-refractivity contribution in [2.45, 2.75) is 19.9 Å². The third kappa shape index (κ3) is 5.97. The lowest BCUT2D eigenvalue weighted by Crippen LogP contribution is -2.33. The van der Waals surface area contributed by atoms with Crippen molar-refractivity contribution in [3.63, 3.8) is 0 Å². The molecule has 0 saturated carbocycles. The quantitative estimate of drug-likeness (QED) is 0.495. The summed E-state index contributed by atoms with van der Waals surface area (Å²) >= 11 is 0. The molecule has 1 aromatic carbocycles. The van der Waals surface area contributed by atoms with Crippen LogP contribution < -0.4 is 19.5 Å². The number of likely N-dealkylation sites (N-methyl/N-ethyl adjacent to an activating group) is 1. The number of nitrogens with one attached hydrogen (secondary N) is 2. The van der Waals surface area contributed by atoms with E-state index in [0.717, 1.165) is 29.6 Å². The number of carbonyl (C=O) groups excluding carboxylic acids is 1. The van der Waals surface area contributed by atoms with Crippen molar-refractivity contribution in [3.05, 3.63) is 30.2 Å². The van der Waals surface area contributed by atoms with E-state index in [9.17, 15) is 4.79 Å². The molecule has 1 aliphatic heterocycles. The third-order valence-electron chi connectivity index (χ3n) is 6.01. The number of carbonyl (C=O) groups is 1. The van der Waals surface area contributed by atoms with E-state index in [4.69, 9.17) is 18.9 Å². The van der Waals surface area contributed by atoms with Crippen LogP contribution in [0.2, 0.25) is 0 Å². The van der Waals surface area contributed by atoms with E-state index in [2.05, 4.69) is 32.2 Å². The Labute approximate surface area is 210 Å². The first-order valence-electron chi connectivity index (χ1n) is 12.1. The number of aromatic amines is 1. The maximum atomic E-state index is 12.7. The standard InChI is InChI=1S/C25H34N6O5/c1-5-34-9-10-35-21-12-19(33-4)18-11-20(21)36-15-22(32)31(3)8-6-7-30(2)14-17-13-26-24-23(17)25(29-18)28-16-27-24/h11-13,16H,5-10,14-15H2,1-4H3,(H2,26,27,28,29). The van der Waals surface area contributed by atoms with Gasteiger partial charge in [0.25, 0.3) is 5.91 Å². The summed E-state index contributed by atoms with van der Waals surface area (Å²) in [6, 6.07) is 3.51. The number of hydrogen-bond acceptors (Lipinski definition) is 9. The van der Waals surface area contributed by atoms with Crippen LogP contribution in [0.15, 0.2) is 24.7 Å². The van der Waals surface area contributed by atoms with E-state index >= 15 is 0 Å². The molecule has 11 heteroatoms. The first-order valence-corrected chi connectivity index (χ1v) is 12.1. The Morgan fingerprint density at radius 2 is 2.00 bits per heavy atom. The SMILES string of the molecule is CCOCCOc1cc(OC)c2cc1OCC(=O)N(C)CCCN(C)Cc1c[nH]c3ncnc(c13)N2. The zero-order chi connectivity index (χ0) is 25.5. The Hall–Kier alpha value is -3.57. The van der Waals surface area contributed by atoms with Crippen molar-refractivity contribution in [2.24, 2.45) is 0 Å². The van der Waals surface area contributed by atoms with Gasteiger partial charge in [0.15, 0.2) is 18.1 Å². The monoisotopic (exact) mass is 498 g/mol. The van der Waals surface area contributed by atoms with E-state index < -0.39 is 0 Å². The molecule has 0 fully saturated rings. The van der Waals surface area contributed by atoms with Gasteiger partial charge >= 0.3 is 0 Å². The van der Waals surface area contributed by atoms with Crippen molar-refractivity contribution in [3.8, 4) is 17.2 Å². The highest BCUT2D eigenvalue weighted by Crippen LogP contribution is 2.40. The van der Waals surface area contributed by atoms with Gasteiger partial charge < -0.3 is 39.0 Å². The van der Waals surface area contributed by atoms with E-state index in [1.54, 1.807) is 31.2 Å². The molecular weight excluding hydrogens is 464 g/mol. The van der Waals surface area contributed by atoms with Gasteiger partial charge in [0.1, 0.15) is 30.1 Å². The molecule has 0 radical (unpaired) electrons. The van der Waals surface area contributed by atoms with Crippen LogP contribution in [0, 0.1) is 0 Å². The maximum Gasteiger partial charge on any atom is 0.260 e. The molecule has 36 heavy (non-hydrogen) atoms. The van der Waals surface area contributed by atoms with Crippen molar-refractivity contribution in [1.82, 2.24) is 24.8 Å². The normalized spacial score (nSPS) is 15.4. The van der Waals surface area contributed by atoms with Gasteiger partial charge in [-0.25, -0.2) is 9.97 Å². The molecule has 3 heterocycles. The van der Waals surface area contributed by atoms with Gasteiger partial charge in [-0.1, -0.05) is 0 Å². The average molecular weight is 499 g/mol. The van der Waals surface area contributed by atoms with Crippen molar-refractivity contribution in [2.75, 3.05) is 66.0 Å². The minimum Gasteiger partial charge on any atom is -0.494 e. The summed E-state index contributed by atoms with van der Waals surface area (Å²) in [7, 11) is 5.43. The van der Waals surface area contributed by atoms with Gasteiger partial charge in [-0.3, -0.25) is 4.79 Å². The highest BCUT2D eigenvalue weighted by Gasteiger charge is 2.19. The Kier molecular flexibility index (Phi) is 8.44. The summed E-state index contributed by atoms with van der Waals surface area (Å²) in [4.78, 5) is 28.8. The van der Waals surface area contributed by atoms with Gasteiger partial charge in [0, 0.05) is 45.1 Å². The second kappa shape index (κ2) is 11.9. The van der Waals surface area contributed by atoms with Crippen LogP contribution in [-0.4, -0.2) is 91.4 Å². The smallest absolute Gasteiger partial charge is 0.260 e. The lowest BCUT2D eigenvalue weighted by molar-refractivity contribution is -0.132. The number of H-pyrrole nitrogens is 1. The van der Waals surface area contributed by atoms with Crippen LogP contribution in [0.3, 0.4) is 0 Å². The number of methoxy groups -OCH3 is 1. The Morgan fingerprint density at radius 1 is 1.14 bits per heavy atom. The minimum atomic E-state index is -0.111. The number of amides is 1. The lowest BCUT2D eigenvalue weighted by atomic mass is 10.2. The molecule has 2 bridgehead atoms. The fourth-order valence-electron chi connectivity index (χ4n) is 4.08. The van der Waals surface area contributed by atoms with Gasteiger partial charge in [-0.2, -0.15) is 0 Å². The Bertz CT molecular complexity index is 1180. The second-order valence-corrected chi connectivity index (χ2v) is 8.62. The predicted molar refractivity (Wildman–Crippen MR) is 136 cm³/mol. The second-order valence-electron chi connectivity index (χ2n) is 8.62. The van der Waals surface area contributed by atoms with E-state index in [-0.39, 0.29) is 12.5 Å². The maximum absolute atomic E-state index is 12.7. The zero-order valence-electron chi connectivity index (χ0n) is 21.3. The molecule has 1 aliphatic rings. The molecule has 2 aromatic heterocycles. The summed E-state index contributed by atoms with van der Waals surface area (Å²) in [5, 5.41) is 4.29. The number of fused-ring (bicyclic) bond motifs is 2. The topological polar surface area (TPSA) is 114 Å². The molecule has 0 saturated heterocycles. The number of ether oxygens (including phenoxy) is 4. The molecule has 0 spiro atoms. The molecule has 0 aliphatic carbocycles. The van der Waals surface area contributed by atoms with Crippen molar-refractivity contribution >= 4 is 28.4 Å². The number of rotatable bonds is 6. The number of anilines is 2. The highest BCUT2D eigenvalue weighted by molar-refractivity contribution is 5.92. The molecule has 1 amide bonds. The van der Waals surface area contributed by atoms with E-state index in [1.165, 1.54) is 6.33 Å². The van der Waals surface area contributed by atoms with Crippen LogP contribution in [0.1, 0.15) is 18.9 Å². The van der Waals surface area contributed by atoms with Gasteiger partial charge in [-0.05, 0) is 32.5 Å². The third-order valence-corrected chi connectivity index (χ3v) is 6.01. The van der Waals surface area contributed by atoms with E-state index in [0.29, 0.717) is 61.7 Å². The van der Waals surface area contributed by atoms with Crippen LogP contribution in [0.25, 0.3) is 11.0 Å². The molecule has 194 valence electrons. The largest absolute Gasteiger partial charge is 0.494 e. The average Bonchev–Trinajstić information content (AvgIpc) is 3.28. The summed E-state index contributed by atoms with van der Waals surface area (Å²) in [6.45, 7) is 5.34. The van der Waals surface area contributed by atoms with Crippen LogP contribution in [-0.2, 0) is 16.1 Å². The van der Waals surface area contributed by atoms with Gasteiger partial charge in [0.05, 0.1) is 24.8 Å². The molecule has 11 nitrogen and oxygen atoms in total. The number of aromatic nitrogens is 3. The Balaban J connectivity index is 1.75. The molecule has 4 rings (SSSR count). The first kappa shape index (κ1) is 25.5. The van der Waals surface area contributed by atoms with Crippen LogP contribution >= 0.6 is 0 Å². The summed E-state index contributed by atoms with van der Waals surface area (Å²) in [6.07, 6.45) is 4.30. The molecule has 2 N–H and O–H groups in total. The molecule has 0 unspecified atom stereocenters. The van der Waals surface area contributed by atoms with Crippen molar-refractivity contribution < 1.29 is 23.7 Å². The first-order chi connectivity index (χ1) is 17.5. The lowest BCUT2D eigenvalue weighted by Gasteiger charge is -2.22. The molecule has 0 atom stereocenters. The zero-order valence-corrected chi connectivity index (χ0v) is 21.3. The summed E-state index contributed by atoms with van der Waals surface area (Å²) < 4.78 is 22.9. The van der Waals surface area contributed by atoms with Crippen LogP contribution in [0.5, 0.6) is 17.2 Å². The number of benzene rings is 1. The highest BCUT2D eigenvalue weighted by atomic mass is 16.5. The van der Waals surface area contributed by atoms with Gasteiger partial charge in [0.2, 0.25) is 0 Å². The van der Waals surface area contributed by atoms with Crippen LogP contribution in [0.4, 0.5) is 11.5 Å². The Morgan fingerprint density at radius 3 is 2.81 bits per heavy atom. The summed E-state index contributed by atoms with van der Waals surface area (Å²) in [5.74, 6) is 1.95. The van der Waals surface area contributed by atoms with Gasteiger partial charge in [-0.15, -0.1) is 0 Å². The van der Waals surface area contributed by atoms with E-state index in [1.807, 2.05) is 13.1 Å². The fourth-order valence-corrected chi connectivity index (χ4v) is 4.08. The molecule has 3 aromatic rings. The fraction of sp³-hybridized carbons (Fsp3) is 0.480.